The van der Waals surface area contributed by atoms with Gasteiger partial charge in [0.25, 0.3) is 0 Å². The third kappa shape index (κ3) is 2.44. The van der Waals surface area contributed by atoms with Crippen molar-refractivity contribution in [1.29, 1.82) is 0 Å². The summed E-state index contributed by atoms with van der Waals surface area (Å²) in [5.74, 6) is 1.53. The van der Waals surface area contributed by atoms with Gasteiger partial charge in [-0.25, -0.2) is 9.97 Å². The SMILES string of the molecule is C=CCOc1cc2ccccc2cc1-c1nc2ncccc2[nH]1. The number of hydrogen-bond acceptors (Lipinski definition) is 3. The Labute approximate surface area is 133 Å². The summed E-state index contributed by atoms with van der Waals surface area (Å²) in [4.78, 5) is 12.2. The van der Waals surface area contributed by atoms with Gasteiger partial charge in [-0.3, -0.25) is 0 Å². The molecule has 0 saturated carbocycles. The van der Waals surface area contributed by atoms with Crippen LogP contribution < -0.4 is 4.74 Å². The maximum Gasteiger partial charge on any atom is 0.178 e. The first kappa shape index (κ1) is 13.5. The molecule has 0 saturated heterocycles. The average molecular weight is 301 g/mol. The van der Waals surface area contributed by atoms with Crippen LogP contribution in [-0.4, -0.2) is 21.6 Å². The summed E-state index contributed by atoms with van der Waals surface area (Å²) in [6.07, 6.45) is 3.47. The Bertz CT molecular complexity index is 971. The minimum Gasteiger partial charge on any atom is -0.489 e. The monoisotopic (exact) mass is 301 g/mol. The highest BCUT2D eigenvalue weighted by atomic mass is 16.5. The molecule has 4 aromatic rings. The largest absolute Gasteiger partial charge is 0.489 e. The number of fused-ring (bicyclic) bond motifs is 2. The van der Waals surface area contributed by atoms with Gasteiger partial charge in [0, 0.05) is 6.20 Å². The van der Waals surface area contributed by atoms with Gasteiger partial charge in [-0.15, -0.1) is 0 Å². The number of imidazole rings is 1. The first-order chi connectivity index (χ1) is 11.3. The molecule has 0 aliphatic carbocycles. The third-order valence-corrected chi connectivity index (χ3v) is 3.72. The van der Waals surface area contributed by atoms with Crippen molar-refractivity contribution in [2.24, 2.45) is 0 Å². The summed E-state index contributed by atoms with van der Waals surface area (Å²) in [5.41, 5.74) is 2.53. The molecule has 0 amide bonds. The summed E-state index contributed by atoms with van der Waals surface area (Å²) in [6, 6.07) is 16.2. The predicted octanol–water partition coefficient (Wildman–Crippen LogP) is 4.34. The molecule has 112 valence electrons. The second-order valence-electron chi connectivity index (χ2n) is 5.26. The molecule has 0 aliphatic heterocycles. The standard InChI is InChI=1S/C19H15N3O/c1-2-10-23-17-12-14-7-4-3-6-13(14)11-15(17)18-21-16-8-5-9-20-19(16)22-18/h2-9,11-12H,1,10H2,(H,20,21,22). The van der Waals surface area contributed by atoms with E-state index in [1.807, 2.05) is 30.3 Å². The molecule has 0 radical (unpaired) electrons. The van der Waals surface area contributed by atoms with E-state index in [1.165, 1.54) is 0 Å². The van der Waals surface area contributed by atoms with Crippen LogP contribution in [0.5, 0.6) is 5.75 Å². The number of hydrogen-bond donors (Lipinski definition) is 1. The maximum absolute atomic E-state index is 5.85. The zero-order valence-electron chi connectivity index (χ0n) is 12.5. The highest BCUT2D eigenvalue weighted by molar-refractivity contribution is 5.90. The molecule has 0 atom stereocenters. The predicted molar refractivity (Wildman–Crippen MR) is 92.5 cm³/mol. The van der Waals surface area contributed by atoms with Crippen molar-refractivity contribution >= 4 is 21.9 Å². The molecule has 0 aliphatic rings. The van der Waals surface area contributed by atoms with Crippen LogP contribution in [0, 0.1) is 0 Å². The average Bonchev–Trinajstić information content (AvgIpc) is 3.03. The van der Waals surface area contributed by atoms with Gasteiger partial charge in [-0.1, -0.05) is 36.9 Å². The van der Waals surface area contributed by atoms with Gasteiger partial charge in [0.15, 0.2) is 5.65 Å². The van der Waals surface area contributed by atoms with Gasteiger partial charge in [0.2, 0.25) is 0 Å². The molecule has 4 heteroatoms. The number of H-pyrrole nitrogens is 1. The molecule has 4 rings (SSSR count). The van der Waals surface area contributed by atoms with Crippen LogP contribution in [0.3, 0.4) is 0 Å². The van der Waals surface area contributed by atoms with Crippen LogP contribution in [0.15, 0.2) is 67.4 Å². The van der Waals surface area contributed by atoms with E-state index in [2.05, 4.69) is 39.7 Å². The summed E-state index contributed by atoms with van der Waals surface area (Å²) in [7, 11) is 0. The van der Waals surface area contributed by atoms with Crippen molar-refractivity contribution in [3.63, 3.8) is 0 Å². The summed E-state index contributed by atoms with van der Waals surface area (Å²) >= 11 is 0. The highest BCUT2D eigenvalue weighted by Gasteiger charge is 2.13. The number of aromatic nitrogens is 3. The van der Waals surface area contributed by atoms with Gasteiger partial charge in [0.05, 0.1) is 11.1 Å². The third-order valence-electron chi connectivity index (χ3n) is 3.72. The number of aromatic amines is 1. The minimum absolute atomic E-state index is 0.448. The smallest absolute Gasteiger partial charge is 0.178 e. The minimum atomic E-state index is 0.448. The normalized spacial score (nSPS) is 11.0. The number of nitrogens with zero attached hydrogens (tertiary/aromatic N) is 2. The van der Waals surface area contributed by atoms with Crippen molar-refractivity contribution in [1.82, 2.24) is 15.0 Å². The molecular formula is C19H15N3O. The molecule has 1 N–H and O–H groups in total. The lowest BCUT2D eigenvalue weighted by molar-refractivity contribution is 0.365. The topological polar surface area (TPSA) is 50.8 Å². The van der Waals surface area contributed by atoms with E-state index in [-0.39, 0.29) is 0 Å². The molecule has 0 fully saturated rings. The molecule has 0 bridgehead atoms. The van der Waals surface area contributed by atoms with Gasteiger partial charge in [-0.05, 0) is 35.0 Å². The molecule has 2 aromatic carbocycles. The van der Waals surface area contributed by atoms with Gasteiger partial charge in [0.1, 0.15) is 18.2 Å². The second kappa shape index (κ2) is 5.57. The van der Waals surface area contributed by atoms with Gasteiger partial charge >= 0.3 is 0 Å². The van der Waals surface area contributed by atoms with Crippen molar-refractivity contribution in [3.8, 4) is 17.1 Å². The Morgan fingerprint density at radius 2 is 1.91 bits per heavy atom. The van der Waals surface area contributed by atoms with Crippen LogP contribution in [0.1, 0.15) is 0 Å². The van der Waals surface area contributed by atoms with E-state index in [0.29, 0.717) is 12.3 Å². The van der Waals surface area contributed by atoms with Crippen molar-refractivity contribution < 1.29 is 4.74 Å². The van der Waals surface area contributed by atoms with Gasteiger partial charge < -0.3 is 9.72 Å². The van der Waals surface area contributed by atoms with Crippen LogP contribution in [0.25, 0.3) is 33.3 Å². The van der Waals surface area contributed by atoms with E-state index in [1.54, 1.807) is 12.3 Å². The lowest BCUT2D eigenvalue weighted by atomic mass is 10.1. The van der Waals surface area contributed by atoms with Crippen LogP contribution in [-0.2, 0) is 0 Å². The summed E-state index contributed by atoms with van der Waals surface area (Å²) in [5, 5.41) is 2.27. The summed E-state index contributed by atoms with van der Waals surface area (Å²) < 4.78 is 5.85. The molecule has 0 spiro atoms. The Hall–Kier alpha value is -3.14. The number of benzene rings is 2. The highest BCUT2D eigenvalue weighted by Crippen LogP contribution is 2.33. The second-order valence-corrected chi connectivity index (χ2v) is 5.26. The quantitative estimate of drug-likeness (QED) is 0.570. The van der Waals surface area contributed by atoms with Crippen LogP contribution in [0.2, 0.25) is 0 Å². The van der Waals surface area contributed by atoms with Crippen LogP contribution >= 0.6 is 0 Å². The molecule has 23 heavy (non-hydrogen) atoms. The Kier molecular flexibility index (Phi) is 3.27. The Balaban J connectivity index is 1.93. The van der Waals surface area contributed by atoms with E-state index >= 15 is 0 Å². The van der Waals surface area contributed by atoms with E-state index in [9.17, 15) is 0 Å². The molecule has 0 unspecified atom stereocenters. The zero-order chi connectivity index (χ0) is 15.6. The number of pyridine rings is 1. The van der Waals surface area contributed by atoms with E-state index in [0.717, 1.165) is 33.4 Å². The number of ether oxygens (including phenoxy) is 1. The summed E-state index contributed by atoms with van der Waals surface area (Å²) in [6.45, 7) is 4.17. The fourth-order valence-electron chi connectivity index (χ4n) is 2.65. The van der Waals surface area contributed by atoms with Crippen molar-refractivity contribution in [2.45, 2.75) is 0 Å². The fraction of sp³-hybridized carbons (Fsp3) is 0.0526. The lowest BCUT2D eigenvalue weighted by Crippen LogP contribution is -1.96. The van der Waals surface area contributed by atoms with Crippen molar-refractivity contribution in [3.05, 3.63) is 67.4 Å². The Morgan fingerprint density at radius 1 is 1.09 bits per heavy atom. The first-order valence-corrected chi connectivity index (χ1v) is 7.43. The first-order valence-electron chi connectivity index (χ1n) is 7.43. The van der Waals surface area contributed by atoms with Crippen molar-refractivity contribution in [2.75, 3.05) is 6.61 Å². The molecule has 2 heterocycles. The zero-order valence-corrected chi connectivity index (χ0v) is 12.5. The molecule has 2 aromatic heterocycles. The van der Waals surface area contributed by atoms with Crippen LogP contribution in [0.4, 0.5) is 0 Å². The Morgan fingerprint density at radius 3 is 2.70 bits per heavy atom. The van der Waals surface area contributed by atoms with E-state index < -0.39 is 0 Å². The van der Waals surface area contributed by atoms with E-state index in [4.69, 9.17) is 4.74 Å². The fourth-order valence-corrected chi connectivity index (χ4v) is 2.65. The molecular weight excluding hydrogens is 286 g/mol. The molecule has 4 nitrogen and oxygen atoms in total. The van der Waals surface area contributed by atoms with Gasteiger partial charge in [-0.2, -0.15) is 0 Å². The number of rotatable bonds is 4. The lowest BCUT2D eigenvalue weighted by Gasteiger charge is -2.10. The maximum atomic E-state index is 5.85. The number of nitrogens with one attached hydrogen (secondary N) is 1.